The first-order valence-electron chi connectivity index (χ1n) is 8.68. The third kappa shape index (κ3) is 5.29. The zero-order valence-corrected chi connectivity index (χ0v) is 14.1. The summed E-state index contributed by atoms with van der Waals surface area (Å²) in [6.45, 7) is 1.69. The Morgan fingerprint density at radius 3 is 2.84 bits per heavy atom. The van der Waals surface area contributed by atoms with Crippen molar-refractivity contribution in [3.63, 3.8) is 0 Å². The van der Waals surface area contributed by atoms with Crippen molar-refractivity contribution in [2.45, 2.75) is 38.5 Å². The molecular formula is C20H23FN2O2. The van der Waals surface area contributed by atoms with Gasteiger partial charge in [-0.15, -0.1) is 0 Å². The SMILES string of the molecule is O=C1NCCCC[C@@H]1NCc1cccc(OCc2cccc(F)c2)c1. The fourth-order valence-corrected chi connectivity index (χ4v) is 2.91. The normalized spacial score (nSPS) is 17.6. The van der Waals surface area contributed by atoms with Gasteiger partial charge in [-0.1, -0.05) is 24.3 Å². The molecule has 132 valence electrons. The van der Waals surface area contributed by atoms with E-state index < -0.39 is 0 Å². The largest absolute Gasteiger partial charge is 0.489 e. The second kappa shape index (κ2) is 8.62. The highest BCUT2D eigenvalue weighted by Gasteiger charge is 2.19. The Kier molecular flexibility index (Phi) is 6.01. The van der Waals surface area contributed by atoms with Crippen LogP contribution in [0.25, 0.3) is 0 Å². The zero-order valence-electron chi connectivity index (χ0n) is 14.1. The zero-order chi connectivity index (χ0) is 17.5. The van der Waals surface area contributed by atoms with Crippen LogP contribution in [0, 0.1) is 5.82 Å². The summed E-state index contributed by atoms with van der Waals surface area (Å²) >= 11 is 0. The summed E-state index contributed by atoms with van der Waals surface area (Å²) in [7, 11) is 0. The van der Waals surface area contributed by atoms with Gasteiger partial charge in [0.25, 0.3) is 0 Å². The molecule has 5 heteroatoms. The third-order valence-corrected chi connectivity index (χ3v) is 4.28. The number of hydrogen-bond acceptors (Lipinski definition) is 3. The van der Waals surface area contributed by atoms with Gasteiger partial charge in [-0.05, 0) is 54.7 Å². The van der Waals surface area contributed by atoms with Crippen LogP contribution in [0.4, 0.5) is 4.39 Å². The van der Waals surface area contributed by atoms with Crippen LogP contribution in [-0.2, 0) is 17.9 Å². The number of ether oxygens (including phenoxy) is 1. The van der Waals surface area contributed by atoms with Crippen molar-refractivity contribution in [2.24, 2.45) is 0 Å². The van der Waals surface area contributed by atoms with E-state index in [0.717, 1.165) is 42.7 Å². The van der Waals surface area contributed by atoms with Crippen LogP contribution in [0.15, 0.2) is 48.5 Å². The van der Waals surface area contributed by atoms with Crippen molar-refractivity contribution in [1.29, 1.82) is 0 Å². The fourth-order valence-electron chi connectivity index (χ4n) is 2.91. The summed E-state index contributed by atoms with van der Waals surface area (Å²) in [5.41, 5.74) is 1.84. The highest BCUT2D eigenvalue weighted by atomic mass is 19.1. The van der Waals surface area contributed by atoms with Crippen molar-refractivity contribution in [3.05, 3.63) is 65.5 Å². The van der Waals surface area contributed by atoms with Gasteiger partial charge in [0.15, 0.2) is 0 Å². The molecule has 2 aromatic rings. The van der Waals surface area contributed by atoms with Gasteiger partial charge in [0.1, 0.15) is 18.2 Å². The molecule has 2 N–H and O–H groups in total. The van der Waals surface area contributed by atoms with Crippen LogP contribution in [-0.4, -0.2) is 18.5 Å². The number of carbonyl (C=O) groups is 1. The molecule has 0 aliphatic carbocycles. The van der Waals surface area contributed by atoms with Crippen molar-refractivity contribution in [3.8, 4) is 5.75 Å². The minimum absolute atomic E-state index is 0.0796. The number of hydrogen-bond donors (Lipinski definition) is 2. The van der Waals surface area contributed by atoms with Crippen LogP contribution in [0.2, 0.25) is 0 Å². The minimum atomic E-state index is -0.263. The van der Waals surface area contributed by atoms with Crippen molar-refractivity contribution >= 4 is 5.91 Å². The molecule has 2 aromatic carbocycles. The molecule has 0 radical (unpaired) electrons. The molecule has 1 fully saturated rings. The van der Waals surface area contributed by atoms with Gasteiger partial charge in [0.05, 0.1) is 6.04 Å². The van der Waals surface area contributed by atoms with Gasteiger partial charge in [-0.3, -0.25) is 4.79 Å². The van der Waals surface area contributed by atoms with E-state index in [1.54, 1.807) is 6.07 Å². The molecule has 0 saturated carbocycles. The molecule has 4 nitrogen and oxygen atoms in total. The van der Waals surface area contributed by atoms with Gasteiger partial charge in [-0.2, -0.15) is 0 Å². The number of nitrogens with one attached hydrogen (secondary N) is 2. The Morgan fingerprint density at radius 1 is 1.12 bits per heavy atom. The van der Waals surface area contributed by atoms with E-state index in [-0.39, 0.29) is 17.8 Å². The Balaban J connectivity index is 1.55. The van der Waals surface area contributed by atoms with Gasteiger partial charge in [0, 0.05) is 13.1 Å². The van der Waals surface area contributed by atoms with Crippen molar-refractivity contribution in [2.75, 3.05) is 6.54 Å². The van der Waals surface area contributed by atoms with Gasteiger partial charge < -0.3 is 15.4 Å². The molecule has 1 aliphatic rings. The van der Waals surface area contributed by atoms with Gasteiger partial charge in [0.2, 0.25) is 5.91 Å². The first kappa shape index (κ1) is 17.4. The monoisotopic (exact) mass is 342 g/mol. The van der Waals surface area contributed by atoms with E-state index in [2.05, 4.69) is 10.6 Å². The average molecular weight is 342 g/mol. The maximum absolute atomic E-state index is 13.2. The standard InChI is InChI=1S/C20H23FN2O2/c21-17-7-3-6-16(11-17)14-25-18-8-4-5-15(12-18)13-23-19-9-1-2-10-22-20(19)24/h3-8,11-12,19,23H,1-2,9-10,13-14H2,(H,22,24)/t19-/m0/s1. The molecule has 0 bridgehead atoms. The van der Waals surface area contributed by atoms with E-state index in [1.807, 2.05) is 30.3 Å². The predicted octanol–water partition coefficient (Wildman–Crippen LogP) is 3.16. The molecule has 1 aliphatic heterocycles. The highest BCUT2D eigenvalue weighted by molar-refractivity contribution is 5.81. The number of amides is 1. The lowest BCUT2D eigenvalue weighted by atomic mass is 10.1. The summed E-state index contributed by atoms with van der Waals surface area (Å²) in [6, 6.07) is 14.0. The summed E-state index contributed by atoms with van der Waals surface area (Å²) in [6.07, 6.45) is 2.95. The summed E-state index contributed by atoms with van der Waals surface area (Å²) in [4.78, 5) is 12.0. The second-order valence-electron chi connectivity index (χ2n) is 6.29. The number of halogens is 1. The second-order valence-corrected chi connectivity index (χ2v) is 6.29. The van der Waals surface area contributed by atoms with Crippen LogP contribution < -0.4 is 15.4 Å². The molecular weight excluding hydrogens is 319 g/mol. The molecule has 0 spiro atoms. The van der Waals surface area contributed by atoms with Crippen LogP contribution in [0.5, 0.6) is 5.75 Å². The molecule has 1 atom stereocenters. The molecule has 0 aromatic heterocycles. The Labute approximate surface area is 147 Å². The molecule has 0 unspecified atom stereocenters. The molecule has 1 saturated heterocycles. The summed E-state index contributed by atoms with van der Waals surface area (Å²) in [5.74, 6) is 0.547. The van der Waals surface area contributed by atoms with E-state index in [9.17, 15) is 9.18 Å². The topological polar surface area (TPSA) is 50.4 Å². The van der Waals surface area contributed by atoms with E-state index in [0.29, 0.717) is 13.2 Å². The molecule has 25 heavy (non-hydrogen) atoms. The molecule has 3 rings (SSSR count). The Morgan fingerprint density at radius 2 is 1.96 bits per heavy atom. The smallest absolute Gasteiger partial charge is 0.237 e. The maximum atomic E-state index is 13.2. The van der Waals surface area contributed by atoms with Gasteiger partial charge in [-0.25, -0.2) is 4.39 Å². The van der Waals surface area contributed by atoms with Crippen LogP contribution in [0.1, 0.15) is 30.4 Å². The van der Waals surface area contributed by atoms with Crippen molar-refractivity contribution < 1.29 is 13.9 Å². The van der Waals surface area contributed by atoms with Crippen LogP contribution in [0.3, 0.4) is 0 Å². The summed E-state index contributed by atoms with van der Waals surface area (Å²) < 4.78 is 18.9. The quantitative estimate of drug-likeness (QED) is 0.848. The number of benzene rings is 2. The lowest BCUT2D eigenvalue weighted by Gasteiger charge is -2.15. The maximum Gasteiger partial charge on any atom is 0.237 e. The van der Waals surface area contributed by atoms with Crippen molar-refractivity contribution in [1.82, 2.24) is 10.6 Å². The average Bonchev–Trinajstić information content (AvgIpc) is 2.83. The third-order valence-electron chi connectivity index (χ3n) is 4.28. The van der Waals surface area contributed by atoms with E-state index >= 15 is 0 Å². The van der Waals surface area contributed by atoms with E-state index in [1.165, 1.54) is 12.1 Å². The predicted molar refractivity (Wildman–Crippen MR) is 94.7 cm³/mol. The Bertz CT molecular complexity index is 720. The first-order chi connectivity index (χ1) is 12.2. The van der Waals surface area contributed by atoms with Gasteiger partial charge >= 0.3 is 0 Å². The molecule has 1 heterocycles. The lowest BCUT2D eigenvalue weighted by molar-refractivity contribution is -0.122. The highest BCUT2D eigenvalue weighted by Crippen LogP contribution is 2.16. The van der Waals surface area contributed by atoms with Crippen LogP contribution >= 0.6 is 0 Å². The number of carbonyl (C=O) groups excluding carboxylic acids is 1. The first-order valence-corrected chi connectivity index (χ1v) is 8.68. The summed E-state index contributed by atoms with van der Waals surface area (Å²) in [5, 5.41) is 6.25. The molecule has 1 amide bonds. The lowest BCUT2D eigenvalue weighted by Crippen LogP contribution is -2.42. The Hall–Kier alpha value is -2.40. The fraction of sp³-hybridized carbons (Fsp3) is 0.350. The van der Waals surface area contributed by atoms with E-state index in [4.69, 9.17) is 4.74 Å². The number of rotatable bonds is 6. The minimum Gasteiger partial charge on any atom is -0.489 e.